The molecule has 6 nitrogen and oxygen atoms in total. The lowest BCUT2D eigenvalue weighted by atomic mass is 9.63. The second-order valence-corrected chi connectivity index (χ2v) is 29.3. The van der Waals surface area contributed by atoms with Gasteiger partial charge in [0, 0.05) is 41.9 Å². The Morgan fingerprint density at radius 1 is 0.268 bits per heavy atom. The van der Waals surface area contributed by atoms with Crippen LogP contribution < -0.4 is 14.2 Å². The van der Waals surface area contributed by atoms with Crippen LogP contribution in [-0.2, 0) is 35.5 Å². The van der Waals surface area contributed by atoms with Crippen LogP contribution in [0.1, 0.15) is 158 Å². The lowest BCUT2D eigenvalue weighted by molar-refractivity contribution is 0.0984. The van der Waals surface area contributed by atoms with Crippen LogP contribution in [0.5, 0.6) is 17.2 Å². The predicted octanol–water partition coefficient (Wildman–Crippen LogP) is 21.9. The quantitative estimate of drug-likeness (QED) is 0.0752. The van der Waals surface area contributed by atoms with Crippen molar-refractivity contribution in [2.45, 2.75) is 62.2 Å². The number of ketones is 3. The van der Waals surface area contributed by atoms with Crippen LogP contribution in [0.3, 0.4) is 0 Å². The number of carbonyl (C=O) groups is 3. The molecular weight excluding hydrogens is 1370 g/mol. The number of fused-ring (bicyclic) bond motifs is 9. The van der Waals surface area contributed by atoms with Crippen LogP contribution >= 0.6 is 0 Å². The van der Waals surface area contributed by atoms with E-state index in [0.717, 1.165) is 150 Å². The molecule has 0 aliphatic heterocycles. The standard InChI is InChI=1S/C106H76O6/c1-4-7-58-110-88-55-43-73-61-85(52-40-76(73)64-88)104(94-28-16-10-22-79(94)67-100(107)91-25-13-19-31-97(91)104)82-46-34-70(35-47-82)103(71-36-48-83(49-37-71)105(86-53-41-77-65-89(111-59-8-5-2)56-44-74(77)62-86)95-29-17-11-23-80(95)68-101(108)92-26-14-20-32-98(92)105)72-38-50-84(51-39-72)106(87-54-42-78-66-90(112-60-9-6-3)57-45-75(78)63-87)96-30-18-12-24-81(96)69-102(109)93-27-15-21-33-99(93)106/h10-57,61-66,103H,58-60,67-69H2,1-3H3. The summed E-state index contributed by atoms with van der Waals surface area (Å²) >= 11 is 0. The summed E-state index contributed by atoms with van der Waals surface area (Å²) in [5, 5.41) is 6.16. The highest BCUT2D eigenvalue weighted by molar-refractivity contribution is 6.04. The first-order valence-electron chi connectivity index (χ1n) is 38.2. The van der Waals surface area contributed by atoms with Gasteiger partial charge in [-0.2, -0.15) is 0 Å². The highest BCUT2D eigenvalue weighted by Crippen LogP contribution is 2.55. The number of hydrogen-bond donors (Lipinski definition) is 0. The van der Waals surface area contributed by atoms with E-state index < -0.39 is 16.2 Å². The van der Waals surface area contributed by atoms with Crippen molar-refractivity contribution in [1.82, 2.24) is 0 Å². The maximum atomic E-state index is 14.9. The summed E-state index contributed by atoms with van der Waals surface area (Å²) in [7, 11) is 0. The minimum Gasteiger partial charge on any atom is -0.481 e. The maximum Gasteiger partial charge on any atom is 0.167 e. The lowest BCUT2D eigenvalue weighted by Crippen LogP contribution is -2.32. The third kappa shape index (κ3) is 11.8. The Labute approximate surface area is 653 Å². The Balaban J connectivity index is 0.855. The highest BCUT2D eigenvalue weighted by atomic mass is 16.5. The van der Waals surface area contributed by atoms with Gasteiger partial charge in [-0.25, -0.2) is 0 Å². The molecule has 3 atom stereocenters. The molecule has 0 heterocycles. The van der Waals surface area contributed by atoms with Crippen molar-refractivity contribution in [3.05, 3.63) is 444 Å². The van der Waals surface area contributed by atoms with Crippen molar-refractivity contribution < 1.29 is 28.6 Å². The Kier molecular flexibility index (Phi) is 18.3. The van der Waals surface area contributed by atoms with Crippen LogP contribution in [0.15, 0.2) is 328 Å². The van der Waals surface area contributed by atoms with Crippen molar-refractivity contribution in [3.8, 4) is 52.8 Å². The van der Waals surface area contributed by atoms with E-state index in [-0.39, 0.29) is 42.5 Å². The second-order valence-electron chi connectivity index (χ2n) is 29.3. The number of benzene rings is 15. The van der Waals surface area contributed by atoms with Crippen LogP contribution in [0.2, 0.25) is 0 Å². The Bertz CT molecular complexity index is 5880. The van der Waals surface area contributed by atoms with Crippen molar-refractivity contribution in [3.63, 3.8) is 0 Å². The average molecular weight is 1450 g/mol. The molecule has 0 saturated heterocycles. The summed E-state index contributed by atoms with van der Waals surface area (Å²) < 4.78 is 18.3. The van der Waals surface area contributed by atoms with E-state index in [1.165, 1.54) is 0 Å². The van der Waals surface area contributed by atoms with E-state index in [4.69, 9.17) is 14.2 Å². The molecule has 0 spiro atoms. The van der Waals surface area contributed by atoms with E-state index in [9.17, 15) is 14.4 Å². The molecule has 0 amide bonds. The maximum absolute atomic E-state index is 14.9. The first-order chi connectivity index (χ1) is 55.1. The molecule has 0 aromatic heterocycles. The van der Waals surface area contributed by atoms with Gasteiger partial charge in [0.2, 0.25) is 0 Å². The zero-order valence-corrected chi connectivity index (χ0v) is 62.4. The van der Waals surface area contributed by atoms with Gasteiger partial charge in [-0.3, -0.25) is 14.4 Å². The summed E-state index contributed by atoms with van der Waals surface area (Å²) in [5.74, 6) is 20.0. The summed E-state index contributed by atoms with van der Waals surface area (Å²) in [4.78, 5) is 44.8. The molecule has 0 fully saturated rings. The van der Waals surface area contributed by atoms with Crippen molar-refractivity contribution in [2.75, 3.05) is 19.8 Å². The van der Waals surface area contributed by atoms with Gasteiger partial charge >= 0.3 is 0 Å². The van der Waals surface area contributed by atoms with Gasteiger partial charge in [-0.15, -0.1) is 17.8 Å². The zero-order valence-electron chi connectivity index (χ0n) is 62.4. The minimum absolute atomic E-state index is 0.0665. The number of Topliss-reactive ketones (excluding diaryl/α,β-unsaturated/α-hetero) is 3. The van der Waals surface area contributed by atoms with Gasteiger partial charge in [0.25, 0.3) is 0 Å². The molecule has 15 aromatic rings. The SMILES string of the molecule is CC#CCOc1ccc2cc(C3(c4ccc(C(c5ccc(C6(c7ccc8cc(OCC#CC)ccc8c7)c7ccccc7CC(=O)c7ccccc76)cc5)c5ccc(C6(c7ccc8cc(OCC#CC)ccc8c7)c7ccccc7CC(=O)c7ccccc76)cc5)cc4)c4ccccc4CC(=O)c4ccccc43)ccc2c1. The molecule has 0 saturated carbocycles. The summed E-state index contributed by atoms with van der Waals surface area (Å²) in [6.07, 6.45) is 0.747. The van der Waals surface area contributed by atoms with Crippen molar-refractivity contribution in [1.29, 1.82) is 0 Å². The van der Waals surface area contributed by atoms with E-state index in [1.54, 1.807) is 0 Å². The fourth-order valence-corrected chi connectivity index (χ4v) is 18.5. The normalized spacial score (nSPS) is 16.8. The molecule has 0 radical (unpaired) electrons. The average Bonchev–Trinajstić information content (AvgIpc) is 1.32. The van der Waals surface area contributed by atoms with Crippen molar-refractivity contribution >= 4 is 49.7 Å². The highest BCUT2D eigenvalue weighted by Gasteiger charge is 2.48. The van der Waals surface area contributed by atoms with E-state index in [1.807, 2.05) is 93.6 Å². The smallest absolute Gasteiger partial charge is 0.167 e. The fourth-order valence-electron chi connectivity index (χ4n) is 18.5. The molecule has 6 heteroatoms. The molecule has 3 unspecified atom stereocenters. The summed E-state index contributed by atoms with van der Waals surface area (Å²) in [5.41, 5.74) is 17.1. The Morgan fingerprint density at radius 3 is 0.795 bits per heavy atom. The van der Waals surface area contributed by atoms with E-state index in [0.29, 0.717) is 36.5 Å². The molecular formula is C106H76O6. The largest absolute Gasteiger partial charge is 0.481 e. The van der Waals surface area contributed by atoms with Crippen LogP contribution in [0.4, 0.5) is 0 Å². The number of rotatable bonds is 15. The zero-order chi connectivity index (χ0) is 75.9. The lowest BCUT2D eigenvalue weighted by Gasteiger charge is -2.39. The molecule has 536 valence electrons. The molecule has 0 N–H and O–H groups in total. The minimum atomic E-state index is -0.968. The number of ether oxygens (including phenoxy) is 3. The van der Waals surface area contributed by atoms with Gasteiger partial charge < -0.3 is 14.2 Å². The first kappa shape index (κ1) is 69.9. The Hall–Kier alpha value is -13.8. The summed E-state index contributed by atoms with van der Waals surface area (Å²) in [6.45, 7) is 6.32. The first-order valence-corrected chi connectivity index (χ1v) is 38.2. The van der Waals surface area contributed by atoms with Gasteiger partial charge in [0.15, 0.2) is 17.3 Å². The summed E-state index contributed by atoms with van der Waals surface area (Å²) in [6, 6.07) is 116. The molecule has 15 aromatic carbocycles. The molecule has 18 rings (SSSR count). The van der Waals surface area contributed by atoms with Gasteiger partial charge in [0.1, 0.15) is 37.1 Å². The molecule has 3 aliphatic rings. The number of hydrogen-bond acceptors (Lipinski definition) is 6. The number of carbonyl (C=O) groups excluding carboxylic acids is 3. The van der Waals surface area contributed by atoms with Gasteiger partial charge in [0.05, 0.1) is 16.2 Å². The van der Waals surface area contributed by atoms with E-state index in [2.05, 4.69) is 290 Å². The van der Waals surface area contributed by atoms with Gasteiger partial charge in [-0.1, -0.05) is 291 Å². The topological polar surface area (TPSA) is 78.9 Å². The van der Waals surface area contributed by atoms with E-state index >= 15 is 0 Å². The third-order valence-electron chi connectivity index (χ3n) is 23.4. The van der Waals surface area contributed by atoms with Crippen molar-refractivity contribution in [2.24, 2.45) is 0 Å². The molecule has 3 aliphatic carbocycles. The second kappa shape index (κ2) is 29.3. The van der Waals surface area contributed by atoms with Crippen LogP contribution in [0, 0.1) is 35.5 Å². The van der Waals surface area contributed by atoms with Gasteiger partial charge in [-0.05, 0) is 208 Å². The van der Waals surface area contributed by atoms with Crippen LogP contribution in [0.25, 0.3) is 32.3 Å². The Morgan fingerprint density at radius 2 is 0.509 bits per heavy atom. The van der Waals surface area contributed by atoms with Crippen LogP contribution in [-0.4, -0.2) is 37.2 Å². The molecule has 112 heavy (non-hydrogen) atoms. The third-order valence-corrected chi connectivity index (χ3v) is 23.4. The monoisotopic (exact) mass is 1440 g/mol. The molecule has 0 bridgehead atoms. The fraction of sp³-hybridized carbons (Fsp3) is 0.123. The predicted molar refractivity (Wildman–Crippen MR) is 449 cm³/mol.